The normalized spacial score (nSPS) is 17.2. The van der Waals surface area contributed by atoms with E-state index in [9.17, 15) is 4.79 Å². The van der Waals surface area contributed by atoms with Crippen LogP contribution in [0.4, 0.5) is 0 Å². The highest BCUT2D eigenvalue weighted by Crippen LogP contribution is 2.21. The average molecular weight is 316 g/mol. The van der Waals surface area contributed by atoms with E-state index in [0.29, 0.717) is 10.9 Å². The van der Waals surface area contributed by atoms with E-state index in [0.717, 1.165) is 32.5 Å². The molecule has 0 N–H and O–H groups in total. The summed E-state index contributed by atoms with van der Waals surface area (Å²) in [6.07, 6.45) is 2.23. The van der Waals surface area contributed by atoms with Crippen molar-refractivity contribution in [3.05, 3.63) is 28.0 Å². The van der Waals surface area contributed by atoms with E-state index in [1.165, 1.54) is 0 Å². The Morgan fingerprint density at radius 2 is 2.05 bits per heavy atom. The summed E-state index contributed by atoms with van der Waals surface area (Å²) < 4.78 is 0. The second-order valence-electron chi connectivity index (χ2n) is 5.40. The van der Waals surface area contributed by atoms with Crippen molar-refractivity contribution in [1.82, 2.24) is 14.8 Å². The molecular weight excluding hydrogens is 297 g/mol. The zero-order chi connectivity index (χ0) is 14.7. The number of halogens is 2. The molecule has 0 saturated carbocycles. The molecule has 1 saturated heterocycles. The lowest BCUT2D eigenvalue weighted by atomic mass is 9.96. The zero-order valence-corrected chi connectivity index (χ0v) is 13.3. The summed E-state index contributed by atoms with van der Waals surface area (Å²) in [5.41, 5.74) is 0.231. The third-order valence-electron chi connectivity index (χ3n) is 3.73. The first-order valence-electron chi connectivity index (χ1n) is 6.73. The molecule has 0 atom stereocenters. The van der Waals surface area contributed by atoms with Crippen molar-refractivity contribution >= 4 is 29.1 Å². The maximum atomic E-state index is 12.4. The molecular formula is C14H19Cl2N3O. The van der Waals surface area contributed by atoms with E-state index in [1.807, 2.05) is 0 Å². The maximum absolute atomic E-state index is 12.4. The molecule has 1 fully saturated rings. The van der Waals surface area contributed by atoms with Crippen LogP contribution in [0.15, 0.2) is 12.1 Å². The number of carbonyl (C=O) groups is 1. The summed E-state index contributed by atoms with van der Waals surface area (Å²) in [6.45, 7) is 2.91. The van der Waals surface area contributed by atoms with Crippen LogP contribution in [0.2, 0.25) is 10.2 Å². The van der Waals surface area contributed by atoms with E-state index >= 15 is 0 Å². The first-order chi connectivity index (χ1) is 9.47. The molecule has 2 rings (SSSR count). The van der Waals surface area contributed by atoms with Gasteiger partial charge in [-0.1, -0.05) is 23.2 Å². The summed E-state index contributed by atoms with van der Waals surface area (Å²) in [5, 5.41) is 0.625. The fourth-order valence-corrected chi connectivity index (χ4v) is 2.80. The molecule has 0 aliphatic carbocycles. The molecule has 20 heavy (non-hydrogen) atoms. The van der Waals surface area contributed by atoms with Crippen molar-refractivity contribution in [2.24, 2.45) is 5.92 Å². The number of aromatic nitrogens is 1. The summed E-state index contributed by atoms with van der Waals surface area (Å²) in [6, 6.07) is 3.19. The SMILES string of the molecule is CN1CCC(CN(C)C(=O)c2nc(Cl)ccc2Cl)CC1. The third kappa shape index (κ3) is 3.84. The van der Waals surface area contributed by atoms with Gasteiger partial charge in [-0.3, -0.25) is 4.79 Å². The van der Waals surface area contributed by atoms with E-state index in [-0.39, 0.29) is 16.8 Å². The topological polar surface area (TPSA) is 36.4 Å². The predicted molar refractivity (Wildman–Crippen MR) is 81.4 cm³/mol. The number of amides is 1. The number of hydrogen-bond donors (Lipinski definition) is 0. The van der Waals surface area contributed by atoms with E-state index < -0.39 is 0 Å². The van der Waals surface area contributed by atoms with Gasteiger partial charge in [0, 0.05) is 13.6 Å². The smallest absolute Gasteiger partial charge is 0.273 e. The van der Waals surface area contributed by atoms with Crippen LogP contribution in [0.3, 0.4) is 0 Å². The number of pyridine rings is 1. The van der Waals surface area contributed by atoms with Crippen molar-refractivity contribution in [3.8, 4) is 0 Å². The lowest BCUT2D eigenvalue weighted by Gasteiger charge is -2.31. The van der Waals surface area contributed by atoms with E-state index in [2.05, 4.69) is 16.9 Å². The van der Waals surface area contributed by atoms with Crippen LogP contribution >= 0.6 is 23.2 Å². The monoisotopic (exact) mass is 315 g/mol. The quantitative estimate of drug-likeness (QED) is 0.805. The Morgan fingerprint density at radius 3 is 2.70 bits per heavy atom. The van der Waals surface area contributed by atoms with Gasteiger partial charge in [0.05, 0.1) is 5.02 Å². The van der Waals surface area contributed by atoms with Crippen molar-refractivity contribution < 1.29 is 4.79 Å². The molecule has 0 unspecified atom stereocenters. The minimum atomic E-state index is -0.170. The van der Waals surface area contributed by atoms with Crippen LogP contribution in [0.5, 0.6) is 0 Å². The molecule has 1 aromatic heterocycles. The fraction of sp³-hybridized carbons (Fsp3) is 0.571. The molecule has 1 aliphatic rings. The van der Waals surface area contributed by atoms with Crippen molar-refractivity contribution in [2.75, 3.05) is 33.7 Å². The lowest BCUT2D eigenvalue weighted by molar-refractivity contribution is 0.0741. The van der Waals surface area contributed by atoms with Crippen LogP contribution < -0.4 is 0 Å². The zero-order valence-electron chi connectivity index (χ0n) is 11.8. The highest BCUT2D eigenvalue weighted by atomic mass is 35.5. The summed E-state index contributed by atoms with van der Waals surface area (Å²) in [5.74, 6) is 0.370. The van der Waals surface area contributed by atoms with Crippen LogP contribution in [0, 0.1) is 5.92 Å². The molecule has 2 heterocycles. The Labute approximate surface area is 129 Å². The highest BCUT2D eigenvalue weighted by Gasteiger charge is 2.23. The second-order valence-corrected chi connectivity index (χ2v) is 6.19. The van der Waals surface area contributed by atoms with Gasteiger partial charge in [0.1, 0.15) is 10.8 Å². The lowest BCUT2D eigenvalue weighted by Crippen LogP contribution is -2.38. The Balaban J connectivity index is 1.99. The molecule has 1 amide bonds. The van der Waals surface area contributed by atoms with Gasteiger partial charge in [0.25, 0.3) is 5.91 Å². The number of nitrogens with zero attached hydrogens (tertiary/aromatic N) is 3. The molecule has 110 valence electrons. The second kappa shape index (κ2) is 6.74. The molecule has 0 spiro atoms. The van der Waals surface area contributed by atoms with Crippen molar-refractivity contribution in [3.63, 3.8) is 0 Å². The molecule has 1 aliphatic heterocycles. The highest BCUT2D eigenvalue weighted by molar-refractivity contribution is 6.34. The van der Waals surface area contributed by atoms with Gasteiger partial charge in [-0.25, -0.2) is 4.98 Å². The number of hydrogen-bond acceptors (Lipinski definition) is 3. The van der Waals surface area contributed by atoms with Gasteiger partial charge in [0.15, 0.2) is 0 Å². The Bertz CT molecular complexity index is 487. The molecule has 4 nitrogen and oxygen atoms in total. The molecule has 0 aromatic carbocycles. The summed E-state index contributed by atoms with van der Waals surface area (Å²) in [7, 11) is 3.92. The largest absolute Gasteiger partial charge is 0.340 e. The summed E-state index contributed by atoms with van der Waals surface area (Å²) in [4.78, 5) is 20.4. The molecule has 0 radical (unpaired) electrons. The number of likely N-dealkylation sites (tertiary alicyclic amines) is 1. The maximum Gasteiger partial charge on any atom is 0.273 e. The third-order valence-corrected chi connectivity index (χ3v) is 4.25. The molecule has 0 bridgehead atoms. The molecule has 1 aromatic rings. The first kappa shape index (κ1) is 15.5. The minimum absolute atomic E-state index is 0.170. The van der Waals surface area contributed by atoms with Crippen LogP contribution in [-0.4, -0.2) is 54.4 Å². The predicted octanol–water partition coefficient (Wildman–Crippen LogP) is 2.80. The van der Waals surface area contributed by atoms with Crippen LogP contribution in [0.25, 0.3) is 0 Å². The summed E-state index contributed by atoms with van der Waals surface area (Å²) >= 11 is 11.8. The van der Waals surface area contributed by atoms with Gasteiger partial charge >= 0.3 is 0 Å². The average Bonchev–Trinajstić information content (AvgIpc) is 2.43. The number of carbonyl (C=O) groups excluding carboxylic acids is 1. The Morgan fingerprint density at radius 1 is 1.40 bits per heavy atom. The van der Waals surface area contributed by atoms with E-state index in [4.69, 9.17) is 23.2 Å². The standard InChI is InChI=1S/C14H19Cl2N3O/c1-18-7-5-10(6-8-18)9-19(2)14(20)13-11(15)3-4-12(16)17-13/h3-4,10H,5-9H2,1-2H3. The van der Waals surface area contributed by atoms with Gasteiger partial charge in [-0.2, -0.15) is 0 Å². The van der Waals surface area contributed by atoms with Crippen LogP contribution in [0.1, 0.15) is 23.3 Å². The van der Waals surface area contributed by atoms with Crippen molar-refractivity contribution in [1.29, 1.82) is 0 Å². The fourth-order valence-electron chi connectivity index (χ4n) is 2.46. The van der Waals surface area contributed by atoms with Crippen molar-refractivity contribution in [2.45, 2.75) is 12.8 Å². The van der Waals surface area contributed by atoms with Crippen LogP contribution in [-0.2, 0) is 0 Å². The van der Waals surface area contributed by atoms with Gasteiger partial charge in [0.2, 0.25) is 0 Å². The minimum Gasteiger partial charge on any atom is -0.340 e. The van der Waals surface area contributed by atoms with Gasteiger partial charge < -0.3 is 9.80 Å². The Hall–Kier alpha value is -0.840. The Kier molecular flexibility index (Phi) is 5.24. The number of piperidine rings is 1. The first-order valence-corrected chi connectivity index (χ1v) is 7.49. The molecule has 6 heteroatoms. The van der Waals surface area contributed by atoms with E-state index in [1.54, 1.807) is 24.1 Å². The van der Waals surface area contributed by atoms with Gasteiger partial charge in [-0.15, -0.1) is 0 Å². The number of rotatable bonds is 3. The van der Waals surface area contributed by atoms with Gasteiger partial charge in [-0.05, 0) is 51.0 Å².